The Kier molecular flexibility index (Phi) is 6.91. The van der Waals surface area contributed by atoms with E-state index >= 15 is 0 Å². The van der Waals surface area contributed by atoms with Crippen LogP contribution in [0.3, 0.4) is 0 Å². The molecule has 3 aromatic rings. The summed E-state index contributed by atoms with van der Waals surface area (Å²) in [6, 6.07) is 12.6. The van der Waals surface area contributed by atoms with Gasteiger partial charge in [0.2, 0.25) is 0 Å². The molecule has 10 heteroatoms. The molecule has 0 bridgehead atoms. The molecule has 30 heavy (non-hydrogen) atoms. The van der Waals surface area contributed by atoms with Crippen molar-refractivity contribution in [2.24, 2.45) is 0 Å². The first kappa shape index (κ1) is 22.0. The van der Waals surface area contributed by atoms with Gasteiger partial charge in [0.1, 0.15) is 0 Å². The average molecular weight is 492 g/mol. The van der Waals surface area contributed by atoms with Gasteiger partial charge in [-0.15, -0.1) is 0 Å². The minimum Gasteiger partial charge on any atom is -0.319 e. The number of likely N-dealkylation sites (N-methyl/N-ethyl adjacent to an activating group) is 1. The zero-order valence-corrected chi connectivity index (χ0v) is 18.9. The summed E-state index contributed by atoms with van der Waals surface area (Å²) in [6.45, 7) is 1.53. The summed E-state index contributed by atoms with van der Waals surface area (Å²) >= 11 is 3.28. The molecule has 0 saturated carbocycles. The van der Waals surface area contributed by atoms with Crippen LogP contribution in [0.15, 0.2) is 70.3 Å². The van der Waals surface area contributed by atoms with Crippen LogP contribution < -0.4 is 10.0 Å². The molecule has 0 atom stereocenters. The highest BCUT2D eigenvalue weighted by atomic mass is 79.9. The minimum atomic E-state index is -3.76. The molecule has 0 aliphatic rings. The molecule has 0 unspecified atom stereocenters. The number of hydrogen-bond donors (Lipinski definition) is 2. The number of amides is 1. The molecule has 158 valence electrons. The Morgan fingerprint density at radius 1 is 1.13 bits per heavy atom. The summed E-state index contributed by atoms with van der Waals surface area (Å²) in [4.78, 5) is 14.7. The average Bonchev–Trinajstić information content (AvgIpc) is 3.14. The first-order valence-corrected chi connectivity index (χ1v) is 11.4. The van der Waals surface area contributed by atoms with E-state index < -0.39 is 10.0 Å². The molecule has 1 amide bonds. The lowest BCUT2D eigenvalue weighted by atomic mass is 10.2. The molecule has 0 spiro atoms. The van der Waals surface area contributed by atoms with Gasteiger partial charge in [-0.3, -0.25) is 14.2 Å². The van der Waals surface area contributed by atoms with Crippen molar-refractivity contribution in [2.45, 2.75) is 11.4 Å². The van der Waals surface area contributed by atoms with Gasteiger partial charge in [0.25, 0.3) is 15.9 Å². The van der Waals surface area contributed by atoms with E-state index in [9.17, 15) is 13.2 Å². The van der Waals surface area contributed by atoms with Gasteiger partial charge in [0, 0.05) is 28.5 Å². The number of carbonyl (C=O) groups is 1. The molecule has 0 aliphatic heterocycles. The van der Waals surface area contributed by atoms with E-state index in [1.165, 1.54) is 18.2 Å². The van der Waals surface area contributed by atoms with Crippen LogP contribution in [0, 0.1) is 0 Å². The van der Waals surface area contributed by atoms with Gasteiger partial charge < -0.3 is 10.2 Å². The first-order chi connectivity index (χ1) is 14.2. The molecule has 2 aromatic carbocycles. The second kappa shape index (κ2) is 9.41. The standard InChI is InChI=1S/C20H22BrN5O3S/c1-25(2)10-11-26-14-18(13-22-26)23-20(27)15-4-3-5-17(12-15)24-30(28,29)19-8-6-16(21)7-9-19/h3-9,12-14,24H,10-11H2,1-2H3,(H,23,27). The number of carbonyl (C=O) groups excluding carboxylic acids is 1. The maximum Gasteiger partial charge on any atom is 0.261 e. The third-order valence-corrected chi connectivity index (χ3v) is 6.09. The van der Waals surface area contributed by atoms with Gasteiger partial charge in [-0.05, 0) is 56.6 Å². The van der Waals surface area contributed by atoms with Crippen molar-refractivity contribution < 1.29 is 13.2 Å². The number of nitrogens with zero attached hydrogens (tertiary/aromatic N) is 3. The molecule has 3 rings (SSSR count). The second-order valence-electron chi connectivity index (χ2n) is 6.89. The van der Waals surface area contributed by atoms with Crippen LogP contribution in [0.2, 0.25) is 0 Å². The summed E-state index contributed by atoms with van der Waals surface area (Å²) in [5, 5.41) is 7.00. The number of nitrogens with one attached hydrogen (secondary N) is 2. The normalized spacial score (nSPS) is 11.5. The van der Waals surface area contributed by atoms with E-state index in [4.69, 9.17) is 0 Å². The molecule has 8 nitrogen and oxygen atoms in total. The van der Waals surface area contributed by atoms with E-state index in [1.807, 2.05) is 19.0 Å². The van der Waals surface area contributed by atoms with Crippen LogP contribution in [-0.4, -0.2) is 49.6 Å². The number of aromatic nitrogens is 2. The molecule has 0 aliphatic carbocycles. The molecule has 0 saturated heterocycles. The van der Waals surface area contributed by atoms with Crippen molar-refractivity contribution in [3.63, 3.8) is 0 Å². The Hall–Kier alpha value is -2.69. The third kappa shape index (κ3) is 5.91. The Labute approximate surface area is 184 Å². The van der Waals surface area contributed by atoms with Gasteiger partial charge in [0.05, 0.1) is 23.3 Å². The molecular weight excluding hydrogens is 470 g/mol. The number of benzene rings is 2. The van der Waals surface area contributed by atoms with E-state index in [0.29, 0.717) is 23.5 Å². The maximum atomic E-state index is 12.6. The zero-order valence-electron chi connectivity index (χ0n) is 16.5. The Bertz CT molecular complexity index is 1130. The smallest absolute Gasteiger partial charge is 0.261 e. The number of rotatable bonds is 8. The van der Waals surface area contributed by atoms with Crippen LogP contribution in [-0.2, 0) is 16.6 Å². The predicted molar refractivity (Wildman–Crippen MR) is 120 cm³/mol. The lowest BCUT2D eigenvalue weighted by Gasteiger charge is -2.10. The fourth-order valence-electron chi connectivity index (χ4n) is 2.61. The van der Waals surface area contributed by atoms with Gasteiger partial charge in [-0.2, -0.15) is 5.10 Å². The summed E-state index contributed by atoms with van der Waals surface area (Å²) in [6.07, 6.45) is 3.33. The van der Waals surface area contributed by atoms with Gasteiger partial charge in [-0.1, -0.05) is 22.0 Å². The lowest BCUT2D eigenvalue weighted by Crippen LogP contribution is -2.18. The highest BCUT2D eigenvalue weighted by Gasteiger charge is 2.15. The Balaban J connectivity index is 1.69. The predicted octanol–water partition coefficient (Wildman–Crippen LogP) is 3.26. The van der Waals surface area contributed by atoms with Crippen molar-refractivity contribution in [3.05, 3.63) is 71.0 Å². The number of sulfonamides is 1. The van der Waals surface area contributed by atoms with E-state index in [-0.39, 0.29) is 10.8 Å². The molecule has 2 N–H and O–H groups in total. The van der Waals surface area contributed by atoms with Crippen LogP contribution in [0.25, 0.3) is 0 Å². The highest BCUT2D eigenvalue weighted by Crippen LogP contribution is 2.20. The topological polar surface area (TPSA) is 96.3 Å². The first-order valence-electron chi connectivity index (χ1n) is 9.10. The zero-order chi connectivity index (χ0) is 21.7. The molecule has 1 aromatic heterocycles. The fourth-order valence-corrected chi connectivity index (χ4v) is 3.92. The minimum absolute atomic E-state index is 0.130. The number of anilines is 2. The van der Waals surface area contributed by atoms with Crippen molar-refractivity contribution in [3.8, 4) is 0 Å². The van der Waals surface area contributed by atoms with Crippen molar-refractivity contribution in [1.29, 1.82) is 0 Å². The number of hydrogen-bond acceptors (Lipinski definition) is 5. The van der Waals surface area contributed by atoms with Crippen LogP contribution in [0.5, 0.6) is 0 Å². The molecular formula is C20H22BrN5O3S. The SMILES string of the molecule is CN(C)CCn1cc(NC(=O)c2cccc(NS(=O)(=O)c3ccc(Br)cc3)c2)cn1. The Morgan fingerprint density at radius 3 is 2.57 bits per heavy atom. The summed E-state index contributed by atoms with van der Waals surface area (Å²) in [7, 11) is 0.191. The van der Waals surface area contributed by atoms with Crippen molar-refractivity contribution >= 4 is 43.2 Å². The Morgan fingerprint density at radius 2 is 1.87 bits per heavy atom. The maximum absolute atomic E-state index is 12.6. The largest absolute Gasteiger partial charge is 0.319 e. The van der Waals surface area contributed by atoms with Crippen LogP contribution in [0.4, 0.5) is 11.4 Å². The summed E-state index contributed by atoms with van der Waals surface area (Å²) < 4.78 is 30.1. The van der Waals surface area contributed by atoms with E-state index in [2.05, 4.69) is 31.1 Å². The highest BCUT2D eigenvalue weighted by molar-refractivity contribution is 9.10. The van der Waals surface area contributed by atoms with Crippen molar-refractivity contribution in [2.75, 3.05) is 30.7 Å². The molecule has 1 heterocycles. The second-order valence-corrected chi connectivity index (χ2v) is 9.49. The van der Waals surface area contributed by atoms with Gasteiger partial charge >= 0.3 is 0 Å². The van der Waals surface area contributed by atoms with Gasteiger partial charge in [-0.25, -0.2) is 8.42 Å². The third-order valence-electron chi connectivity index (χ3n) is 4.17. The monoisotopic (exact) mass is 491 g/mol. The van der Waals surface area contributed by atoms with Crippen LogP contribution in [0.1, 0.15) is 10.4 Å². The van der Waals surface area contributed by atoms with Crippen molar-refractivity contribution in [1.82, 2.24) is 14.7 Å². The summed E-state index contributed by atoms with van der Waals surface area (Å²) in [5.74, 6) is -0.355. The van der Waals surface area contributed by atoms with Gasteiger partial charge in [0.15, 0.2) is 0 Å². The molecule has 0 radical (unpaired) electrons. The lowest BCUT2D eigenvalue weighted by molar-refractivity contribution is 0.102. The van der Waals surface area contributed by atoms with E-state index in [1.54, 1.807) is 47.4 Å². The number of halogens is 1. The quantitative estimate of drug-likeness (QED) is 0.503. The summed E-state index contributed by atoms with van der Waals surface area (Å²) in [5.41, 5.74) is 1.19. The fraction of sp³-hybridized carbons (Fsp3) is 0.200. The molecule has 0 fully saturated rings. The van der Waals surface area contributed by atoms with Crippen LogP contribution >= 0.6 is 15.9 Å². The van der Waals surface area contributed by atoms with E-state index in [0.717, 1.165) is 11.0 Å².